The van der Waals surface area contributed by atoms with E-state index in [0.29, 0.717) is 18.0 Å². The number of nitriles is 1. The van der Waals surface area contributed by atoms with E-state index in [-0.39, 0.29) is 12.2 Å². The van der Waals surface area contributed by atoms with Gasteiger partial charge in [0.2, 0.25) is 0 Å². The summed E-state index contributed by atoms with van der Waals surface area (Å²) in [6.45, 7) is 4.33. The number of hydrogen-bond donors (Lipinski definition) is 1. The van der Waals surface area contributed by atoms with Crippen molar-refractivity contribution in [2.75, 3.05) is 18.5 Å². The van der Waals surface area contributed by atoms with E-state index in [2.05, 4.69) is 5.32 Å². The van der Waals surface area contributed by atoms with Gasteiger partial charge >= 0.3 is 5.97 Å². The molecule has 100 valence electrons. The predicted octanol–water partition coefficient (Wildman–Crippen LogP) is 2.47. The Balaban J connectivity index is 2.84. The predicted molar refractivity (Wildman–Crippen MR) is 71.6 cm³/mol. The Hall–Kier alpha value is -2.48. The van der Waals surface area contributed by atoms with E-state index in [1.807, 2.05) is 19.1 Å². The molecule has 0 aliphatic carbocycles. The summed E-state index contributed by atoms with van der Waals surface area (Å²) in [5.74, 6) is 0.00814. The van der Waals surface area contributed by atoms with Gasteiger partial charge < -0.3 is 14.8 Å². The van der Waals surface area contributed by atoms with E-state index in [0.717, 1.165) is 0 Å². The van der Waals surface area contributed by atoms with Gasteiger partial charge in [0.25, 0.3) is 0 Å². The van der Waals surface area contributed by atoms with Crippen LogP contribution < -0.4 is 10.1 Å². The number of ether oxygens (including phenoxy) is 2. The van der Waals surface area contributed by atoms with Gasteiger partial charge in [-0.3, -0.25) is 0 Å². The van der Waals surface area contributed by atoms with Gasteiger partial charge in [0.1, 0.15) is 11.8 Å². The normalized spacial score (nSPS) is 10.5. The van der Waals surface area contributed by atoms with Gasteiger partial charge in [-0.1, -0.05) is 12.1 Å². The van der Waals surface area contributed by atoms with Crippen molar-refractivity contribution in [2.24, 2.45) is 0 Å². The topological polar surface area (TPSA) is 71.4 Å². The Morgan fingerprint density at radius 1 is 1.37 bits per heavy atom. The van der Waals surface area contributed by atoms with Crippen molar-refractivity contribution in [1.82, 2.24) is 0 Å². The van der Waals surface area contributed by atoms with Crippen molar-refractivity contribution in [2.45, 2.75) is 13.8 Å². The van der Waals surface area contributed by atoms with Crippen molar-refractivity contribution in [3.05, 3.63) is 36.0 Å². The van der Waals surface area contributed by atoms with Gasteiger partial charge in [0.05, 0.1) is 18.9 Å². The number of para-hydroxylation sites is 2. The maximum absolute atomic E-state index is 11.4. The summed E-state index contributed by atoms with van der Waals surface area (Å²) in [6.07, 6.45) is 1.32. The third-order valence-corrected chi connectivity index (χ3v) is 2.17. The van der Waals surface area contributed by atoms with Gasteiger partial charge in [0.15, 0.2) is 5.57 Å². The molecular formula is C14H16N2O3. The molecule has 0 aromatic heterocycles. The van der Waals surface area contributed by atoms with Gasteiger partial charge in [-0.25, -0.2) is 4.79 Å². The highest BCUT2D eigenvalue weighted by Gasteiger charge is 2.09. The van der Waals surface area contributed by atoms with E-state index >= 15 is 0 Å². The molecule has 1 aromatic carbocycles. The molecule has 19 heavy (non-hydrogen) atoms. The minimum atomic E-state index is -0.647. The minimum Gasteiger partial charge on any atom is -0.492 e. The Morgan fingerprint density at radius 2 is 2.11 bits per heavy atom. The number of rotatable bonds is 6. The largest absolute Gasteiger partial charge is 0.492 e. The highest BCUT2D eigenvalue weighted by atomic mass is 16.5. The summed E-state index contributed by atoms with van der Waals surface area (Å²) in [6, 6.07) is 9.06. The zero-order chi connectivity index (χ0) is 14.1. The molecule has 5 heteroatoms. The molecule has 0 amide bonds. The smallest absolute Gasteiger partial charge is 0.350 e. The van der Waals surface area contributed by atoms with Crippen LogP contribution in [0.25, 0.3) is 0 Å². The van der Waals surface area contributed by atoms with Crippen LogP contribution in [0.1, 0.15) is 13.8 Å². The molecule has 1 rings (SSSR count). The standard InChI is InChI=1S/C14H16N2O3/c1-3-18-13-8-6-5-7-12(13)16-10-11(9-15)14(17)19-4-2/h5-8,10,16H,3-4H2,1-2H3/b11-10+. The SMILES string of the molecule is CCOC(=O)/C(C#N)=C/Nc1ccccc1OCC. The maximum Gasteiger partial charge on any atom is 0.350 e. The van der Waals surface area contributed by atoms with Crippen LogP contribution in [0.2, 0.25) is 0 Å². The molecule has 1 aromatic rings. The second kappa shape index (κ2) is 7.77. The number of carbonyl (C=O) groups is 1. The van der Waals surface area contributed by atoms with Crippen molar-refractivity contribution in [3.63, 3.8) is 0 Å². The molecule has 0 bridgehead atoms. The first-order valence-electron chi connectivity index (χ1n) is 5.98. The quantitative estimate of drug-likeness (QED) is 0.483. The van der Waals surface area contributed by atoms with Gasteiger partial charge in [-0.05, 0) is 26.0 Å². The van der Waals surface area contributed by atoms with Crippen LogP contribution in [0.3, 0.4) is 0 Å². The summed E-state index contributed by atoms with van der Waals surface area (Å²) in [7, 11) is 0. The Morgan fingerprint density at radius 3 is 2.74 bits per heavy atom. The molecule has 1 N–H and O–H groups in total. The number of nitrogens with one attached hydrogen (secondary N) is 1. The highest BCUT2D eigenvalue weighted by Crippen LogP contribution is 2.23. The number of esters is 1. The van der Waals surface area contributed by atoms with Crippen LogP contribution in [0.4, 0.5) is 5.69 Å². The lowest BCUT2D eigenvalue weighted by Crippen LogP contribution is -2.08. The summed E-state index contributed by atoms with van der Waals surface area (Å²) >= 11 is 0. The van der Waals surface area contributed by atoms with E-state index in [9.17, 15) is 4.79 Å². The number of benzene rings is 1. The lowest BCUT2D eigenvalue weighted by Gasteiger charge is -2.09. The number of anilines is 1. The first-order chi connectivity index (χ1) is 9.22. The molecule has 0 unspecified atom stereocenters. The van der Waals surface area contributed by atoms with Crippen LogP contribution in [0.5, 0.6) is 5.75 Å². The first kappa shape index (κ1) is 14.6. The van der Waals surface area contributed by atoms with E-state index in [1.54, 1.807) is 25.1 Å². The third kappa shape index (κ3) is 4.36. The van der Waals surface area contributed by atoms with Crippen molar-refractivity contribution in [1.29, 1.82) is 5.26 Å². The molecule has 0 aliphatic heterocycles. The molecule has 0 heterocycles. The lowest BCUT2D eigenvalue weighted by atomic mass is 10.2. The van der Waals surface area contributed by atoms with Crippen LogP contribution in [-0.4, -0.2) is 19.2 Å². The second-order valence-electron chi connectivity index (χ2n) is 3.46. The summed E-state index contributed by atoms with van der Waals surface area (Å²) < 4.78 is 10.2. The monoisotopic (exact) mass is 260 g/mol. The fourth-order valence-corrected chi connectivity index (χ4v) is 1.36. The van der Waals surface area contributed by atoms with Crippen LogP contribution >= 0.6 is 0 Å². The zero-order valence-electron chi connectivity index (χ0n) is 11.0. The summed E-state index contributed by atoms with van der Waals surface area (Å²) in [5.41, 5.74) is 0.592. The Bertz CT molecular complexity index is 504. The van der Waals surface area contributed by atoms with Gasteiger partial charge in [-0.15, -0.1) is 0 Å². The average molecular weight is 260 g/mol. The molecule has 0 spiro atoms. The lowest BCUT2D eigenvalue weighted by molar-refractivity contribution is -0.138. The molecular weight excluding hydrogens is 244 g/mol. The van der Waals surface area contributed by atoms with E-state index in [1.165, 1.54) is 6.20 Å². The summed E-state index contributed by atoms with van der Waals surface area (Å²) in [5, 5.41) is 11.8. The van der Waals surface area contributed by atoms with Gasteiger partial charge in [0, 0.05) is 6.20 Å². The number of hydrogen-bond acceptors (Lipinski definition) is 5. The van der Waals surface area contributed by atoms with Crippen LogP contribution in [0, 0.1) is 11.3 Å². The fraction of sp³-hybridized carbons (Fsp3) is 0.286. The molecule has 0 fully saturated rings. The molecule has 0 aliphatic rings. The van der Waals surface area contributed by atoms with E-state index in [4.69, 9.17) is 14.7 Å². The Kier molecular flexibility index (Phi) is 5.96. The zero-order valence-corrected chi connectivity index (χ0v) is 11.0. The van der Waals surface area contributed by atoms with Crippen molar-refractivity contribution in [3.8, 4) is 11.8 Å². The van der Waals surface area contributed by atoms with Crippen LogP contribution in [-0.2, 0) is 9.53 Å². The maximum atomic E-state index is 11.4. The van der Waals surface area contributed by atoms with Crippen molar-refractivity contribution >= 4 is 11.7 Å². The fourth-order valence-electron chi connectivity index (χ4n) is 1.36. The average Bonchev–Trinajstić information content (AvgIpc) is 2.42. The summed E-state index contributed by atoms with van der Waals surface area (Å²) in [4.78, 5) is 11.4. The molecule has 0 atom stereocenters. The first-order valence-corrected chi connectivity index (χ1v) is 5.98. The Labute approximate surface area is 112 Å². The second-order valence-corrected chi connectivity index (χ2v) is 3.46. The van der Waals surface area contributed by atoms with Gasteiger partial charge in [-0.2, -0.15) is 5.26 Å². The minimum absolute atomic E-state index is 0.0897. The molecule has 0 saturated heterocycles. The molecule has 0 radical (unpaired) electrons. The number of carbonyl (C=O) groups excluding carboxylic acids is 1. The molecule has 5 nitrogen and oxygen atoms in total. The third-order valence-electron chi connectivity index (χ3n) is 2.17. The molecule has 0 saturated carbocycles. The van der Waals surface area contributed by atoms with E-state index < -0.39 is 5.97 Å². The van der Waals surface area contributed by atoms with Crippen LogP contribution in [0.15, 0.2) is 36.0 Å². The van der Waals surface area contributed by atoms with Crippen molar-refractivity contribution < 1.29 is 14.3 Å². The number of nitrogens with zero attached hydrogens (tertiary/aromatic N) is 1. The highest BCUT2D eigenvalue weighted by molar-refractivity contribution is 5.93.